The van der Waals surface area contributed by atoms with Crippen LogP contribution in [0, 0.1) is 22.7 Å². The number of fused-ring (bicyclic) bond motifs is 1. The Morgan fingerprint density at radius 2 is 1.82 bits per heavy atom. The standard InChI is InChI=1S/C15H28O2/c1-14(2)8-4-9-15(3)11(7-10-16)12(17)5-6-13(14)15/h11-13,16-17H,4-10H2,1-3H3/t11-,12-,13-,15+/m0/s1. The molecule has 2 heteroatoms. The molecule has 0 spiro atoms. The summed E-state index contributed by atoms with van der Waals surface area (Å²) in [4.78, 5) is 0. The summed E-state index contributed by atoms with van der Waals surface area (Å²) in [6.45, 7) is 7.36. The minimum atomic E-state index is -0.197. The second kappa shape index (κ2) is 4.55. The van der Waals surface area contributed by atoms with Gasteiger partial charge in [-0.15, -0.1) is 0 Å². The van der Waals surface area contributed by atoms with Crippen LogP contribution in [0.2, 0.25) is 0 Å². The molecular weight excluding hydrogens is 212 g/mol. The highest BCUT2D eigenvalue weighted by Crippen LogP contribution is 2.60. The monoisotopic (exact) mass is 240 g/mol. The molecule has 2 saturated carbocycles. The Labute approximate surface area is 105 Å². The van der Waals surface area contributed by atoms with Crippen LogP contribution in [0.15, 0.2) is 0 Å². The highest BCUT2D eigenvalue weighted by atomic mass is 16.3. The van der Waals surface area contributed by atoms with Crippen LogP contribution < -0.4 is 0 Å². The first-order valence-electron chi connectivity index (χ1n) is 7.21. The van der Waals surface area contributed by atoms with Crippen molar-refractivity contribution in [3.63, 3.8) is 0 Å². The van der Waals surface area contributed by atoms with Crippen molar-refractivity contribution in [2.45, 2.75) is 65.4 Å². The van der Waals surface area contributed by atoms with Gasteiger partial charge in [0, 0.05) is 6.61 Å². The van der Waals surface area contributed by atoms with Gasteiger partial charge in [0.05, 0.1) is 6.10 Å². The zero-order chi connectivity index (χ0) is 12.7. The molecule has 0 bridgehead atoms. The normalized spacial score (nSPS) is 45.4. The maximum atomic E-state index is 10.3. The van der Waals surface area contributed by atoms with Gasteiger partial charge in [-0.05, 0) is 54.8 Å². The van der Waals surface area contributed by atoms with Crippen molar-refractivity contribution in [3.05, 3.63) is 0 Å². The highest BCUT2D eigenvalue weighted by Gasteiger charge is 2.53. The summed E-state index contributed by atoms with van der Waals surface area (Å²) in [5, 5.41) is 19.5. The second-order valence-electron chi connectivity index (χ2n) is 7.16. The molecule has 17 heavy (non-hydrogen) atoms. The third kappa shape index (κ3) is 2.15. The van der Waals surface area contributed by atoms with Crippen molar-refractivity contribution in [1.82, 2.24) is 0 Å². The molecule has 0 aromatic heterocycles. The fraction of sp³-hybridized carbons (Fsp3) is 1.00. The Bertz CT molecular complexity index is 274. The fourth-order valence-corrected chi connectivity index (χ4v) is 4.97. The van der Waals surface area contributed by atoms with Gasteiger partial charge in [-0.25, -0.2) is 0 Å². The van der Waals surface area contributed by atoms with E-state index in [9.17, 15) is 10.2 Å². The highest BCUT2D eigenvalue weighted by molar-refractivity contribution is 5.03. The Kier molecular flexibility index (Phi) is 3.57. The van der Waals surface area contributed by atoms with Gasteiger partial charge in [-0.3, -0.25) is 0 Å². The predicted molar refractivity (Wildman–Crippen MR) is 69.7 cm³/mol. The first-order chi connectivity index (χ1) is 7.92. The molecule has 0 aromatic rings. The molecule has 4 atom stereocenters. The maximum Gasteiger partial charge on any atom is 0.0574 e. The minimum absolute atomic E-state index is 0.197. The summed E-state index contributed by atoms with van der Waals surface area (Å²) in [5.41, 5.74) is 0.642. The van der Waals surface area contributed by atoms with Crippen molar-refractivity contribution in [2.24, 2.45) is 22.7 Å². The molecule has 100 valence electrons. The first-order valence-corrected chi connectivity index (χ1v) is 7.21. The van der Waals surface area contributed by atoms with E-state index in [1.165, 1.54) is 19.3 Å². The summed E-state index contributed by atoms with van der Waals surface area (Å²) in [7, 11) is 0. The summed E-state index contributed by atoms with van der Waals surface area (Å²) in [6.07, 6.45) is 6.47. The lowest BCUT2D eigenvalue weighted by atomic mass is 9.47. The third-order valence-electron chi connectivity index (χ3n) is 5.78. The van der Waals surface area contributed by atoms with Crippen LogP contribution in [0.5, 0.6) is 0 Å². The molecule has 0 unspecified atom stereocenters. The molecule has 2 fully saturated rings. The third-order valence-corrected chi connectivity index (χ3v) is 5.78. The van der Waals surface area contributed by atoms with E-state index in [2.05, 4.69) is 20.8 Å². The predicted octanol–water partition coefficient (Wildman–Crippen LogP) is 2.97. The molecule has 0 aromatic carbocycles. The zero-order valence-electron chi connectivity index (χ0n) is 11.6. The molecular formula is C15H28O2. The van der Waals surface area contributed by atoms with Crippen molar-refractivity contribution in [1.29, 1.82) is 0 Å². The van der Waals surface area contributed by atoms with Gasteiger partial charge in [-0.1, -0.05) is 27.2 Å². The Hall–Kier alpha value is -0.0800. The maximum absolute atomic E-state index is 10.3. The minimum Gasteiger partial charge on any atom is -0.396 e. The lowest BCUT2D eigenvalue weighted by Gasteiger charge is -2.58. The molecule has 0 aliphatic heterocycles. The van der Waals surface area contributed by atoms with Crippen LogP contribution >= 0.6 is 0 Å². The van der Waals surface area contributed by atoms with Crippen molar-refractivity contribution in [3.8, 4) is 0 Å². The molecule has 0 heterocycles. The average molecular weight is 240 g/mol. The lowest BCUT2D eigenvalue weighted by molar-refractivity contribution is -0.128. The van der Waals surface area contributed by atoms with Gasteiger partial charge in [0.15, 0.2) is 0 Å². The van der Waals surface area contributed by atoms with Crippen molar-refractivity contribution < 1.29 is 10.2 Å². The Morgan fingerprint density at radius 1 is 1.12 bits per heavy atom. The van der Waals surface area contributed by atoms with Crippen LogP contribution in [0.4, 0.5) is 0 Å². The SMILES string of the molecule is CC1(C)CCC[C@]2(C)[C@@H](CCO)[C@@H](O)CC[C@@H]12. The van der Waals surface area contributed by atoms with E-state index in [4.69, 9.17) is 0 Å². The largest absolute Gasteiger partial charge is 0.396 e. The van der Waals surface area contributed by atoms with Gasteiger partial charge in [0.2, 0.25) is 0 Å². The average Bonchev–Trinajstić information content (AvgIpc) is 2.22. The van der Waals surface area contributed by atoms with Crippen LogP contribution in [0.3, 0.4) is 0 Å². The summed E-state index contributed by atoms with van der Waals surface area (Å²) >= 11 is 0. The van der Waals surface area contributed by atoms with Gasteiger partial charge < -0.3 is 10.2 Å². The van der Waals surface area contributed by atoms with Crippen LogP contribution in [0.1, 0.15) is 59.3 Å². The van der Waals surface area contributed by atoms with Gasteiger partial charge in [0.1, 0.15) is 0 Å². The molecule has 2 rings (SSSR count). The smallest absolute Gasteiger partial charge is 0.0574 e. The number of aliphatic hydroxyl groups excluding tert-OH is 2. The van der Waals surface area contributed by atoms with Crippen molar-refractivity contribution >= 4 is 0 Å². The number of rotatable bonds is 2. The second-order valence-corrected chi connectivity index (χ2v) is 7.16. The molecule has 0 radical (unpaired) electrons. The molecule has 2 N–H and O–H groups in total. The van der Waals surface area contributed by atoms with Crippen LogP contribution in [-0.2, 0) is 0 Å². The van der Waals surface area contributed by atoms with Gasteiger partial charge in [0.25, 0.3) is 0 Å². The van der Waals surface area contributed by atoms with E-state index in [-0.39, 0.29) is 18.1 Å². The van der Waals surface area contributed by atoms with E-state index < -0.39 is 0 Å². The topological polar surface area (TPSA) is 40.5 Å². The zero-order valence-corrected chi connectivity index (χ0v) is 11.6. The summed E-state index contributed by atoms with van der Waals surface area (Å²) in [5.74, 6) is 1.01. The Balaban J connectivity index is 2.28. The number of aliphatic hydroxyl groups is 2. The first kappa shape index (κ1) is 13.4. The molecule has 0 saturated heterocycles. The molecule has 2 aliphatic rings. The lowest BCUT2D eigenvalue weighted by Crippen LogP contribution is -2.53. The van der Waals surface area contributed by atoms with E-state index in [1.807, 2.05) is 0 Å². The van der Waals surface area contributed by atoms with Crippen LogP contribution in [-0.4, -0.2) is 22.9 Å². The molecule has 2 nitrogen and oxygen atoms in total. The van der Waals surface area contributed by atoms with E-state index in [1.54, 1.807) is 0 Å². The van der Waals surface area contributed by atoms with E-state index >= 15 is 0 Å². The van der Waals surface area contributed by atoms with Gasteiger partial charge >= 0.3 is 0 Å². The molecule has 2 aliphatic carbocycles. The van der Waals surface area contributed by atoms with E-state index in [0.29, 0.717) is 17.3 Å². The summed E-state index contributed by atoms with van der Waals surface area (Å²) in [6, 6.07) is 0. The fourth-order valence-electron chi connectivity index (χ4n) is 4.97. The quantitative estimate of drug-likeness (QED) is 0.779. The Morgan fingerprint density at radius 3 is 2.47 bits per heavy atom. The van der Waals surface area contributed by atoms with Gasteiger partial charge in [-0.2, -0.15) is 0 Å². The van der Waals surface area contributed by atoms with Crippen molar-refractivity contribution in [2.75, 3.05) is 6.61 Å². The summed E-state index contributed by atoms with van der Waals surface area (Å²) < 4.78 is 0. The van der Waals surface area contributed by atoms with Crippen LogP contribution in [0.25, 0.3) is 0 Å². The number of hydrogen-bond donors (Lipinski definition) is 2. The van der Waals surface area contributed by atoms with E-state index in [0.717, 1.165) is 19.3 Å². The number of hydrogen-bond acceptors (Lipinski definition) is 2. The molecule has 0 amide bonds.